The summed E-state index contributed by atoms with van der Waals surface area (Å²) in [5, 5.41) is 0. The average Bonchev–Trinajstić information content (AvgIpc) is 3.23. The molecule has 0 aliphatic carbocycles. The summed E-state index contributed by atoms with van der Waals surface area (Å²) in [6, 6.07) is 29.5. The maximum atomic E-state index is 15.1. The second-order valence-electron chi connectivity index (χ2n) is 22.9. The van der Waals surface area contributed by atoms with Crippen LogP contribution in [0.1, 0.15) is 188 Å². The lowest BCUT2D eigenvalue weighted by molar-refractivity contribution is 0.478. The van der Waals surface area contributed by atoms with E-state index >= 15 is 8.42 Å². The van der Waals surface area contributed by atoms with Crippen molar-refractivity contribution >= 4 is 20.2 Å². The lowest BCUT2D eigenvalue weighted by atomic mass is 9.80. The molecule has 0 N–H and O–H groups in total. The van der Waals surface area contributed by atoms with Crippen molar-refractivity contribution < 1.29 is 25.2 Å². The Bertz CT molecular complexity index is 2640. The zero-order valence-electron chi connectivity index (χ0n) is 43.3. The van der Waals surface area contributed by atoms with Crippen molar-refractivity contribution in [2.24, 2.45) is 0 Å². The Balaban J connectivity index is 1.60. The van der Waals surface area contributed by atoms with Crippen LogP contribution in [0.5, 0.6) is 11.5 Å². The Morgan fingerprint density at radius 3 is 1.30 bits per heavy atom. The molecule has 0 aromatic heterocycles. The van der Waals surface area contributed by atoms with Gasteiger partial charge in [0.25, 0.3) is 0 Å². The maximum absolute atomic E-state index is 15.1. The molecule has 8 heteroatoms. The molecule has 0 saturated carbocycles. The number of benzene rings is 5. The van der Waals surface area contributed by atoms with Gasteiger partial charge < -0.3 is 8.37 Å². The highest BCUT2D eigenvalue weighted by Crippen LogP contribution is 2.41. The van der Waals surface area contributed by atoms with Crippen LogP contribution in [0.25, 0.3) is 22.3 Å². The van der Waals surface area contributed by atoms with Gasteiger partial charge in [0.15, 0.2) is 0 Å². The first-order valence-electron chi connectivity index (χ1n) is 24.6. The molecule has 0 heterocycles. The second-order valence-corrected chi connectivity index (χ2v) is 25.9. The van der Waals surface area contributed by atoms with Gasteiger partial charge >= 0.3 is 20.2 Å². The monoisotopic (exact) mass is 949 g/mol. The van der Waals surface area contributed by atoms with Crippen LogP contribution in [-0.2, 0) is 48.3 Å². The Kier molecular flexibility index (Phi) is 17.2. The predicted molar refractivity (Wildman–Crippen MR) is 281 cm³/mol. The molecule has 6 nitrogen and oxygen atoms in total. The molecule has 0 amide bonds. The molecule has 5 aromatic rings. The summed E-state index contributed by atoms with van der Waals surface area (Å²) in [6.07, 6.45) is 13.6. The van der Waals surface area contributed by atoms with Crippen LogP contribution in [0.2, 0.25) is 0 Å². The average molecular weight is 949 g/mol. The minimum atomic E-state index is -4.60. The van der Waals surface area contributed by atoms with Crippen molar-refractivity contribution in [3.05, 3.63) is 130 Å². The molecule has 0 aliphatic heterocycles. The van der Waals surface area contributed by atoms with Gasteiger partial charge in [-0.3, -0.25) is 0 Å². The Morgan fingerprint density at radius 2 is 0.836 bits per heavy atom. The smallest absolute Gasteiger partial charge is 0.339 e. The van der Waals surface area contributed by atoms with Crippen LogP contribution < -0.4 is 8.37 Å². The summed E-state index contributed by atoms with van der Waals surface area (Å²) in [5.41, 5.74) is 6.77. The molecule has 0 spiro atoms. The van der Waals surface area contributed by atoms with Gasteiger partial charge in [0, 0.05) is 11.1 Å². The molecule has 67 heavy (non-hydrogen) atoms. The van der Waals surface area contributed by atoms with E-state index in [0.717, 1.165) is 46.2 Å². The number of rotatable bonds is 19. The van der Waals surface area contributed by atoms with Crippen LogP contribution in [-0.4, -0.2) is 16.8 Å². The topological polar surface area (TPSA) is 86.7 Å². The molecular weight excluding hydrogens is 869 g/mol. The summed E-state index contributed by atoms with van der Waals surface area (Å²) < 4.78 is 71.6. The Hall–Kier alpha value is -4.40. The van der Waals surface area contributed by atoms with E-state index in [0.29, 0.717) is 5.56 Å². The van der Waals surface area contributed by atoms with Crippen molar-refractivity contribution in [3.63, 3.8) is 0 Å². The predicted octanol–water partition coefficient (Wildman–Crippen LogP) is 16.5. The maximum Gasteiger partial charge on any atom is 0.339 e. The Labute approximate surface area is 406 Å². The minimum Gasteiger partial charge on any atom is -0.379 e. The third-order valence-corrected chi connectivity index (χ3v) is 15.4. The normalized spacial score (nSPS) is 12.9. The fourth-order valence-corrected chi connectivity index (χ4v) is 10.6. The van der Waals surface area contributed by atoms with E-state index in [2.05, 4.69) is 120 Å². The van der Waals surface area contributed by atoms with Gasteiger partial charge in [0.05, 0.1) is 0 Å². The highest BCUT2D eigenvalue weighted by atomic mass is 32.2. The fourth-order valence-electron chi connectivity index (χ4n) is 8.35. The summed E-state index contributed by atoms with van der Waals surface area (Å²) in [5.74, 6) is 0.390. The van der Waals surface area contributed by atoms with Gasteiger partial charge in [-0.1, -0.05) is 208 Å². The van der Waals surface area contributed by atoms with Gasteiger partial charge in [-0.2, -0.15) is 16.8 Å². The number of aryl methyl sites for hydroxylation is 2. The van der Waals surface area contributed by atoms with E-state index in [4.69, 9.17) is 8.37 Å². The van der Waals surface area contributed by atoms with Crippen molar-refractivity contribution in [2.75, 3.05) is 0 Å². The molecule has 0 bridgehead atoms. The van der Waals surface area contributed by atoms with Gasteiger partial charge in [-0.05, 0) is 122 Å². The number of hydrogen-bond donors (Lipinski definition) is 0. The van der Waals surface area contributed by atoms with Gasteiger partial charge in [-0.15, -0.1) is 0 Å². The fraction of sp³-hybridized carbons (Fsp3) is 0.492. The first kappa shape index (κ1) is 53.6. The van der Waals surface area contributed by atoms with Crippen molar-refractivity contribution in [1.29, 1.82) is 0 Å². The van der Waals surface area contributed by atoms with Gasteiger partial charge in [0.1, 0.15) is 21.3 Å². The highest BCUT2D eigenvalue weighted by Gasteiger charge is 2.31. The number of unbranched alkanes of at least 4 members (excludes halogenated alkanes) is 9. The molecule has 0 radical (unpaired) electrons. The van der Waals surface area contributed by atoms with Crippen LogP contribution in [0, 0.1) is 6.92 Å². The van der Waals surface area contributed by atoms with Gasteiger partial charge in [0.2, 0.25) is 0 Å². The molecule has 0 atom stereocenters. The van der Waals surface area contributed by atoms with Gasteiger partial charge in [-0.25, -0.2) is 0 Å². The Morgan fingerprint density at radius 1 is 0.418 bits per heavy atom. The molecule has 364 valence electrons. The zero-order valence-corrected chi connectivity index (χ0v) is 44.9. The van der Waals surface area contributed by atoms with Crippen molar-refractivity contribution in [2.45, 2.75) is 199 Å². The lowest BCUT2D eigenvalue weighted by Gasteiger charge is -2.26. The molecule has 5 rings (SSSR count). The quantitative estimate of drug-likeness (QED) is 0.0605. The molecular formula is C59H80O6S2. The third kappa shape index (κ3) is 14.6. The van der Waals surface area contributed by atoms with E-state index in [1.54, 1.807) is 54.6 Å². The van der Waals surface area contributed by atoms with Crippen molar-refractivity contribution in [1.82, 2.24) is 0 Å². The first-order valence-corrected chi connectivity index (χ1v) is 27.5. The molecule has 0 fully saturated rings. The summed E-state index contributed by atoms with van der Waals surface area (Å²) in [7, 11) is -9.12. The zero-order chi connectivity index (χ0) is 49.6. The van der Waals surface area contributed by atoms with Crippen LogP contribution in [0.4, 0.5) is 0 Å². The summed E-state index contributed by atoms with van der Waals surface area (Å²) in [6.45, 7) is 29.3. The number of hydrogen-bond acceptors (Lipinski definition) is 6. The summed E-state index contributed by atoms with van der Waals surface area (Å²) >= 11 is 0. The molecule has 0 aliphatic rings. The van der Waals surface area contributed by atoms with E-state index in [9.17, 15) is 8.42 Å². The summed E-state index contributed by atoms with van der Waals surface area (Å²) in [4.78, 5) is -0.299. The van der Waals surface area contributed by atoms with E-state index in [-0.39, 0.29) is 54.1 Å². The molecule has 5 aromatic carbocycles. The third-order valence-electron chi connectivity index (χ3n) is 12.8. The van der Waals surface area contributed by atoms with E-state index < -0.39 is 20.2 Å². The van der Waals surface area contributed by atoms with Crippen LogP contribution in [0.15, 0.2) is 107 Å². The SMILES string of the molecule is CCCCCCCCCCCCc1ccc(C)c(-c2ccc(-c3ccccc3S(=O)(=O)Oc3cc(C(C)(C)C)cc(C(C)(C)C)c3)c(S(=O)(=O)Oc3cc(C(C)(C)C)cc(C(C)(C)C)c3)c2)c1. The minimum absolute atomic E-state index is 0.143. The first-order chi connectivity index (χ1) is 31.1. The standard InChI is InChI=1S/C59H80O6S2/c1-15-16-17-18-19-20-21-22-23-24-27-43-31-30-42(2)53(34-43)44-32-33-52(55(35-44)67(62,63)65-50-40-47(58(9,10)11)37-48(41-50)59(12,13)14)51-28-25-26-29-54(51)66(60,61)64-49-38-45(56(3,4)5)36-46(39-49)57(6,7)8/h25-26,28-41H,15-24,27H2,1-14H3. The lowest BCUT2D eigenvalue weighted by Crippen LogP contribution is -2.18. The van der Waals surface area contributed by atoms with Crippen LogP contribution >= 0.6 is 0 Å². The second kappa shape index (κ2) is 21.5. The highest BCUT2D eigenvalue weighted by molar-refractivity contribution is 7.87. The van der Waals surface area contributed by atoms with E-state index in [1.807, 2.05) is 13.0 Å². The molecule has 0 saturated heterocycles. The van der Waals surface area contributed by atoms with E-state index in [1.165, 1.54) is 69.4 Å². The van der Waals surface area contributed by atoms with Crippen LogP contribution in [0.3, 0.4) is 0 Å². The van der Waals surface area contributed by atoms with Crippen molar-refractivity contribution in [3.8, 4) is 33.8 Å². The largest absolute Gasteiger partial charge is 0.379 e. The molecule has 0 unspecified atom stereocenters.